The van der Waals surface area contributed by atoms with Gasteiger partial charge in [-0.1, -0.05) is 48.5 Å². The fourth-order valence-corrected chi connectivity index (χ4v) is 2.17. The quantitative estimate of drug-likeness (QED) is 0.782. The van der Waals surface area contributed by atoms with Crippen molar-refractivity contribution in [1.29, 1.82) is 0 Å². The Morgan fingerprint density at radius 1 is 0.947 bits per heavy atom. The van der Waals surface area contributed by atoms with Gasteiger partial charge in [0, 0.05) is 0 Å². The van der Waals surface area contributed by atoms with Crippen LogP contribution in [0.2, 0.25) is 0 Å². The summed E-state index contributed by atoms with van der Waals surface area (Å²) >= 11 is 0. The molecule has 0 spiro atoms. The molecule has 0 radical (unpaired) electrons. The summed E-state index contributed by atoms with van der Waals surface area (Å²) in [6.07, 6.45) is 0. The smallest absolute Gasteiger partial charge is 0.317 e. The monoisotopic (exact) mass is 254 g/mol. The van der Waals surface area contributed by atoms with E-state index in [1.807, 2.05) is 42.5 Å². The van der Waals surface area contributed by atoms with Crippen LogP contribution in [0.1, 0.15) is 28.2 Å². The van der Waals surface area contributed by atoms with Gasteiger partial charge in [0.15, 0.2) is 0 Å². The minimum Gasteiger partial charge on any atom is -0.468 e. The molecule has 0 aromatic heterocycles. The van der Waals surface area contributed by atoms with Gasteiger partial charge in [0.2, 0.25) is 0 Å². The van der Waals surface area contributed by atoms with Gasteiger partial charge in [0.1, 0.15) is 5.92 Å². The van der Waals surface area contributed by atoms with E-state index in [0.29, 0.717) is 0 Å². The minimum absolute atomic E-state index is 0.227. The van der Waals surface area contributed by atoms with Crippen LogP contribution in [-0.4, -0.2) is 13.1 Å². The summed E-state index contributed by atoms with van der Waals surface area (Å²) in [6, 6.07) is 15.8. The molecule has 98 valence electrons. The number of carbonyl (C=O) groups excluding carboxylic acids is 1. The summed E-state index contributed by atoms with van der Waals surface area (Å²) in [7, 11) is 1.43. The van der Waals surface area contributed by atoms with E-state index in [1.165, 1.54) is 18.2 Å². The first-order chi connectivity index (χ1) is 9.13. The lowest BCUT2D eigenvalue weighted by molar-refractivity contribution is -0.141. The SMILES string of the molecule is COC(=O)C(c1ccccc1)c1ccc(C)c(C)c1. The Hall–Kier alpha value is -2.09. The molecule has 2 aromatic rings. The first kappa shape index (κ1) is 13.3. The fourth-order valence-electron chi connectivity index (χ4n) is 2.17. The number of ether oxygens (including phenoxy) is 1. The van der Waals surface area contributed by atoms with Crippen molar-refractivity contribution in [2.24, 2.45) is 0 Å². The molecule has 0 fully saturated rings. The van der Waals surface area contributed by atoms with Crippen molar-refractivity contribution >= 4 is 5.97 Å². The number of aryl methyl sites for hydroxylation is 2. The number of benzene rings is 2. The molecule has 1 unspecified atom stereocenters. The van der Waals surface area contributed by atoms with Gasteiger partial charge in [0.25, 0.3) is 0 Å². The molecule has 2 rings (SSSR count). The molecule has 19 heavy (non-hydrogen) atoms. The highest BCUT2D eigenvalue weighted by Crippen LogP contribution is 2.27. The molecule has 0 bridgehead atoms. The van der Waals surface area contributed by atoms with Crippen molar-refractivity contribution in [2.45, 2.75) is 19.8 Å². The number of hydrogen-bond acceptors (Lipinski definition) is 2. The lowest BCUT2D eigenvalue weighted by Gasteiger charge is -2.16. The van der Waals surface area contributed by atoms with Gasteiger partial charge in [-0.15, -0.1) is 0 Å². The second-order valence-corrected chi connectivity index (χ2v) is 4.71. The van der Waals surface area contributed by atoms with Crippen molar-refractivity contribution in [3.63, 3.8) is 0 Å². The first-order valence-corrected chi connectivity index (χ1v) is 6.33. The lowest BCUT2D eigenvalue weighted by atomic mass is 9.89. The second-order valence-electron chi connectivity index (χ2n) is 4.71. The molecule has 2 aromatic carbocycles. The van der Waals surface area contributed by atoms with Gasteiger partial charge in [0.05, 0.1) is 7.11 Å². The van der Waals surface area contributed by atoms with Gasteiger partial charge in [-0.3, -0.25) is 4.79 Å². The maximum atomic E-state index is 12.1. The average Bonchev–Trinajstić information content (AvgIpc) is 2.44. The number of rotatable bonds is 3. The van der Waals surface area contributed by atoms with Crippen molar-refractivity contribution in [2.75, 3.05) is 7.11 Å². The van der Waals surface area contributed by atoms with Crippen LogP contribution < -0.4 is 0 Å². The highest BCUT2D eigenvalue weighted by molar-refractivity contribution is 5.82. The molecule has 0 heterocycles. The summed E-state index contributed by atoms with van der Waals surface area (Å²) in [4.78, 5) is 12.1. The molecule has 1 atom stereocenters. The van der Waals surface area contributed by atoms with Crippen LogP contribution in [0.15, 0.2) is 48.5 Å². The molecule has 2 heteroatoms. The van der Waals surface area contributed by atoms with Crippen LogP contribution >= 0.6 is 0 Å². The zero-order chi connectivity index (χ0) is 13.8. The van der Waals surface area contributed by atoms with E-state index in [4.69, 9.17) is 4.74 Å². The standard InChI is InChI=1S/C17H18O2/c1-12-9-10-15(11-13(12)2)16(17(18)19-3)14-7-5-4-6-8-14/h4-11,16H,1-3H3. The Kier molecular flexibility index (Phi) is 4.00. The molecule has 0 aliphatic carbocycles. The zero-order valence-electron chi connectivity index (χ0n) is 11.5. The lowest BCUT2D eigenvalue weighted by Crippen LogP contribution is -2.15. The summed E-state index contributed by atoms with van der Waals surface area (Å²) in [5.41, 5.74) is 4.33. The van der Waals surface area contributed by atoms with Crippen LogP contribution in [0, 0.1) is 13.8 Å². The van der Waals surface area contributed by atoms with Gasteiger partial charge in [-0.25, -0.2) is 0 Å². The van der Waals surface area contributed by atoms with E-state index in [2.05, 4.69) is 19.9 Å². The summed E-state index contributed by atoms with van der Waals surface area (Å²) < 4.78 is 4.95. The van der Waals surface area contributed by atoms with E-state index in [1.54, 1.807) is 0 Å². The third-order valence-electron chi connectivity index (χ3n) is 3.43. The van der Waals surface area contributed by atoms with Crippen LogP contribution in [-0.2, 0) is 9.53 Å². The van der Waals surface area contributed by atoms with Crippen LogP contribution in [0.4, 0.5) is 0 Å². The second kappa shape index (κ2) is 5.70. The van der Waals surface area contributed by atoms with Crippen LogP contribution in [0.5, 0.6) is 0 Å². The maximum Gasteiger partial charge on any atom is 0.317 e. The minimum atomic E-state index is -0.356. The van der Waals surface area contributed by atoms with Gasteiger partial charge in [-0.2, -0.15) is 0 Å². The third-order valence-corrected chi connectivity index (χ3v) is 3.43. The van der Waals surface area contributed by atoms with Gasteiger partial charge < -0.3 is 4.74 Å². The third kappa shape index (κ3) is 2.84. The van der Waals surface area contributed by atoms with Crippen molar-refractivity contribution in [1.82, 2.24) is 0 Å². The topological polar surface area (TPSA) is 26.3 Å². The predicted molar refractivity (Wildman–Crippen MR) is 76.2 cm³/mol. The molecule has 0 N–H and O–H groups in total. The molecular formula is C17H18O2. The van der Waals surface area contributed by atoms with E-state index in [9.17, 15) is 4.79 Å². The Labute approximate surface area is 114 Å². The van der Waals surface area contributed by atoms with Crippen molar-refractivity contribution in [3.8, 4) is 0 Å². The highest BCUT2D eigenvalue weighted by atomic mass is 16.5. The number of hydrogen-bond donors (Lipinski definition) is 0. The number of carbonyl (C=O) groups is 1. The molecule has 0 aliphatic heterocycles. The highest BCUT2D eigenvalue weighted by Gasteiger charge is 2.23. The number of methoxy groups -OCH3 is 1. The molecule has 0 saturated heterocycles. The Bertz CT molecular complexity index is 573. The molecule has 0 aliphatic rings. The largest absolute Gasteiger partial charge is 0.468 e. The van der Waals surface area contributed by atoms with Gasteiger partial charge in [-0.05, 0) is 36.1 Å². The van der Waals surface area contributed by atoms with E-state index in [-0.39, 0.29) is 11.9 Å². The van der Waals surface area contributed by atoms with E-state index in [0.717, 1.165) is 11.1 Å². The van der Waals surface area contributed by atoms with E-state index < -0.39 is 0 Å². The van der Waals surface area contributed by atoms with Crippen molar-refractivity contribution in [3.05, 3.63) is 70.8 Å². The Morgan fingerprint density at radius 3 is 2.21 bits per heavy atom. The Balaban J connectivity index is 2.49. The fraction of sp³-hybridized carbons (Fsp3) is 0.235. The molecular weight excluding hydrogens is 236 g/mol. The van der Waals surface area contributed by atoms with Crippen LogP contribution in [0.25, 0.3) is 0 Å². The van der Waals surface area contributed by atoms with E-state index >= 15 is 0 Å². The summed E-state index contributed by atoms with van der Waals surface area (Å²) in [6.45, 7) is 4.12. The molecule has 0 amide bonds. The predicted octanol–water partition coefficient (Wildman–Crippen LogP) is 3.61. The Morgan fingerprint density at radius 2 is 1.63 bits per heavy atom. The number of esters is 1. The van der Waals surface area contributed by atoms with Gasteiger partial charge >= 0.3 is 5.97 Å². The summed E-state index contributed by atoms with van der Waals surface area (Å²) in [5, 5.41) is 0. The average molecular weight is 254 g/mol. The zero-order valence-corrected chi connectivity index (χ0v) is 11.5. The van der Waals surface area contributed by atoms with Crippen LogP contribution in [0.3, 0.4) is 0 Å². The molecule has 0 saturated carbocycles. The first-order valence-electron chi connectivity index (χ1n) is 6.33. The molecule has 2 nitrogen and oxygen atoms in total. The maximum absolute atomic E-state index is 12.1. The summed E-state index contributed by atoms with van der Waals surface area (Å²) in [5.74, 6) is -0.583. The normalized spacial score (nSPS) is 11.9. The van der Waals surface area contributed by atoms with Crippen molar-refractivity contribution < 1.29 is 9.53 Å².